The average Bonchev–Trinajstić information content (AvgIpc) is 2.85. The lowest BCUT2D eigenvalue weighted by atomic mass is 9.73. The zero-order valence-electron chi connectivity index (χ0n) is 19.9. The van der Waals surface area contributed by atoms with Gasteiger partial charge in [0.15, 0.2) is 11.7 Å². The summed E-state index contributed by atoms with van der Waals surface area (Å²) in [6.45, 7) is 2.91. The van der Waals surface area contributed by atoms with Gasteiger partial charge in [0.1, 0.15) is 12.9 Å². The van der Waals surface area contributed by atoms with Crippen molar-refractivity contribution in [2.45, 2.75) is 69.5 Å². The average molecular weight is 453 g/mol. The molecule has 2 aliphatic rings. The highest BCUT2D eigenvalue weighted by atomic mass is 16.6. The van der Waals surface area contributed by atoms with Crippen LogP contribution < -0.4 is 0 Å². The van der Waals surface area contributed by atoms with Crippen LogP contribution in [0.3, 0.4) is 0 Å². The first kappa shape index (κ1) is 23.8. The molecule has 1 aromatic carbocycles. The molecule has 33 heavy (non-hydrogen) atoms. The Labute approximate surface area is 197 Å². The van der Waals surface area contributed by atoms with Crippen LogP contribution in [0.15, 0.2) is 49.1 Å². The fourth-order valence-corrected chi connectivity index (χ4v) is 5.77. The number of aliphatic hydroxyl groups is 1. The quantitative estimate of drug-likeness (QED) is 0.484. The molecule has 2 fully saturated rings. The maximum absolute atomic E-state index is 13.5. The molecule has 0 amide bonds. The fourth-order valence-electron chi connectivity index (χ4n) is 5.77. The number of hydrogen-bond donors (Lipinski definition) is 1. The van der Waals surface area contributed by atoms with Gasteiger partial charge in [-0.05, 0) is 36.8 Å². The number of hydrogen-bond acceptors (Lipinski definition) is 5. The number of likely N-dealkylation sites (tertiary alicyclic amines) is 1. The smallest absolute Gasteiger partial charge is 0.343 e. The minimum atomic E-state index is -1.56. The summed E-state index contributed by atoms with van der Waals surface area (Å²) >= 11 is 0. The molecule has 0 spiro atoms. The van der Waals surface area contributed by atoms with Crippen LogP contribution in [0.5, 0.6) is 0 Å². The van der Waals surface area contributed by atoms with Gasteiger partial charge in [0.25, 0.3) is 0 Å². The monoisotopic (exact) mass is 452 g/mol. The van der Waals surface area contributed by atoms with Crippen LogP contribution >= 0.6 is 0 Å². The maximum Gasteiger partial charge on any atom is 0.343 e. The SMILES string of the molecule is C[N+]1(CCCc2cncnc2)CCCC(OC(=O)C(O)(c2ccccc2)C2CCCCC2)C1. The molecule has 178 valence electrons. The standard InChI is InChI=1S/C27H38N3O3/c1-30(16-8-10-22-18-28-21-29-19-22)17-9-15-25(20-30)33-26(31)27(32,23-11-4-2-5-12-23)24-13-6-3-7-14-24/h2,4-5,11-12,18-19,21,24-25,32H,3,6-10,13-17,20H2,1H3/q+1. The normalized spacial score (nSPS) is 25.8. The van der Waals surface area contributed by atoms with E-state index in [-0.39, 0.29) is 12.0 Å². The van der Waals surface area contributed by atoms with E-state index in [1.807, 2.05) is 42.7 Å². The first-order valence-corrected chi connectivity index (χ1v) is 12.6. The molecule has 1 aromatic heterocycles. The van der Waals surface area contributed by atoms with Gasteiger partial charge in [-0.3, -0.25) is 0 Å². The molecular weight excluding hydrogens is 414 g/mol. The molecule has 1 saturated heterocycles. The van der Waals surface area contributed by atoms with Crippen LogP contribution in [0.2, 0.25) is 0 Å². The number of aryl methyl sites for hydroxylation is 1. The van der Waals surface area contributed by atoms with Crippen molar-refractivity contribution in [2.75, 3.05) is 26.7 Å². The Kier molecular flexibility index (Phi) is 7.76. The molecule has 1 aliphatic heterocycles. The zero-order valence-corrected chi connectivity index (χ0v) is 19.9. The van der Waals surface area contributed by atoms with Crippen LogP contribution in [0, 0.1) is 5.92 Å². The van der Waals surface area contributed by atoms with Crippen molar-refractivity contribution in [3.63, 3.8) is 0 Å². The number of esters is 1. The number of ether oxygens (including phenoxy) is 1. The number of rotatable bonds is 8. The van der Waals surface area contributed by atoms with E-state index in [2.05, 4.69) is 17.0 Å². The number of carbonyl (C=O) groups excluding carboxylic acids is 1. The van der Waals surface area contributed by atoms with Gasteiger partial charge in [-0.15, -0.1) is 0 Å². The van der Waals surface area contributed by atoms with Crippen LogP contribution in [-0.4, -0.2) is 58.3 Å². The van der Waals surface area contributed by atoms with Crippen molar-refractivity contribution in [1.82, 2.24) is 9.97 Å². The predicted octanol–water partition coefficient (Wildman–Crippen LogP) is 4.03. The number of carbonyl (C=O) groups is 1. The number of quaternary nitrogens is 1. The number of likely N-dealkylation sites (N-methyl/N-ethyl adjacent to an activating group) is 1. The number of piperidine rings is 1. The Morgan fingerprint density at radius 1 is 1.09 bits per heavy atom. The second-order valence-electron chi connectivity index (χ2n) is 10.2. The molecule has 6 nitrogen and oxygen atoms in total. The lowest BCUT2D eigenvalue weighted by Crippen LogP contribution is -2.55. The van der Waals surface area contributed by atoms with Crippen LogP contribution in [0.4, 0.5) is 0 Å². The minimum Gasteiger partial charge on any atom is -0.454 e. The highest BCUT2D eigenvalue weighted by Crippen LogP contribution is 2.41. The van der Waals surface area contributed by atoms with Crippen molar-refractivity contribution < 1.29 is 19.1 Å². The lowest BCUT2D eigenvalue weighted by Gasteiger charge is -2.42. The summed E-state index contributed by atoms with van der Waals surface area (Å²) in [5.41, 5.74) is 0.264. The van der Waals surface area contributed by atoms with Crippen molar-refractivity contribution in [3.05, 3.63) is 60.2 Å². The first-order valence-electron chi connectivity index (χ1n) is 12.6. The highest BCUT2D eigenvalue weighted by molar-refractivity contribution is 5.81. The lowest BCUT2D eigenvalue weighted by molar-refractivity contribution is -0.917. The molecule has 3 unspecified atom stereocenters. The molecule has 1 saturated carbocycles. The van der Waals surface area contributed by atoms with Gasteiger partial charge in [0, 0.05) is 31.2 Å². The third-order valence-electron chi connectivity index (χ3n) is 7.64. The number of aromatic nitrogens is 2. The second kappa shape index (κ2) is 10.7. The molecule has 0 bridgehead atoms. The summed E-state index contributed by atoms with van der Waals surface area (Å²) in [7, 11) is 2.26. The van der Waals surface area contributed by atoms with Crippen molar-refractivity contribution in [2.24, 2.45) is 5.92 Å². The maximum atomic E-state index is 13.5. The van der Waals surface area contributed by atoms with Crippen LogP contribution in [-0.2, 0) is 21.6 Å². The van der Waals surface area contributed by atoms with E-state index in [0.29, 0.717) is 5.56 Å². The van der Waals surface area contributed by atoms with Crippen LogP contribution in [0.1, 0.15) is 62.5 Å². The number of nitrogens with zero attached hydrogens (tertiary/aromatic N) is 3. The minimum absolute atomic E-state index is 0.0845. The zero-order chi connectivity index (χ0) is 23.2. The number of benzene rings is 1. The Hall–Kier alpha value is -2.31. The molecule has 2 aromatic rings. The summed E-state index contributed by atoms with van der Waals surface area (Å²) in [4.78, 5) is 21.8. The summed E-state index contributed by atoms with van der Waals surface area (Å²) in [6.07, 6.45) is 14.0. The van der Waals surface area contributed by atoms with Gasteiger partial charge in [0.2, 0.25) is 0 Å². The molecule has 6 heteroatoms. The Balaban J connectivity index is 1.41. The van der Waals surface area contributed by atoms with E-state index < -0.39 is 11.6 Å². The van der Waals surface area contributed by atoms with E-state index in [9.17, 15) is 9.90 Å². The topological polar surface area (TPSA) is 72.3 Å². The Bertz CT molecular complexity index is 888. The van der Waals surface area contributed by atoms with E-state index in [1.54, 1.807) is 6.33 Å². The summed E-state index contributed by atoms with van der Waals surface area (Å²) < 4.78 is 6.99. The summed E-state index contributed by atoms with van der Waals surface area (Å²) in [5, 5.41) is 11.8. The van der Waals surface area contributed by atoms with Crippen molar-refractivity contribution >= 4 is 5.97 Å². The van der Waals surface area contributed by atoms with Crippen molar-refractivity contribution in [3.8, 4) is 0 Å². The van der Waals surface area contributed by atoms with Gasteiger partial charge < -0.3 is 14.3 Å². The third-order valence-corrected chi connectivity index (χ3v) is 7.64. The van der Waals surface area contributed by atoms with Gasteiger partial charge in [-0.1, -0.05) is 49.6 Å². The van der Waals surface area contributed by atoms with Gasteiger partial charge in [-0.25, -0.2) is 14.8 Å². The summed E-state index contributed by atoms with van der Waals surface area (Å²) in [5.74, 6) is -0.542. The molecule has 3 atom stereocenters. The van der Waals surface area contributed by atoms with E-state index in [4.69, 9.17) is 4.74 Å². The molecule has 4 rings (SSSR count). The van der Waals surface area contributed by atoms with E-state index in [0.717, 1.165) is 81.0 Å². The highest BCUT2D eigenvalue weighted by Gasteiger charge is 2.48. The summed E-state index contributed by atoms with van der Waals surface area (Å²) in [6, 6.07) is 9.43. The second-order valence-corrected chi connectivity index (χ2v) is 10.2. The molecule has 0 radical (unpaired) electrons. The molecule has 1 aliphatic carbocycles. The largest absolute Gasteiger partial charge is 0.454 e. The van der Waals surface area contributed by atoms with E-state index >= 15 is 0 Å². The predicted molar refractivity (Wildman–Crippen MR) is 127 cm³/mol. The molecule has 1 N–H and O–H groups in total. The van der Waals surface area contributed by atoms with Crippen molar-refractivity contribution in [1.29, 1.82) is 0 Å². The molecular formula is C27H38N3O3+. The molecule has 2 heterocycles. The van der Waals surface area contributed by atoms with Gasteiger partial charge in [0.05, 0.1) is 20.1 Å². The first-order chi connectivity index (χ1) is 16.0. The Morgan fingerprint density at radius 3 is 2.55 bits per heavy atom. The van der Waals surface area contributed by atoms with Crippen LogP contribution in [0.25, 0.3) is 0 Å². The Morgan fingerprint density at radius 2 is 1.82 bits per heavy atom. The van der Waals surface area contributed by atoms with Gasteiger partial charge >= 0.3 is 5.97 Å². The fraction of sp³-hybridized carbons (Fsp3) is 0.593. The van der Waals surface area contributed by atoms with E-state index in [1.165, 1.54) is 6.42 Å². The third kappa shape index (κ3) is 5.79. The van der Waals surface area contributed by atoms with Gasteiger partial charge in [-0.2, -0.15) is 0 Å².